The van der Waals surface area contributed by atoms with Crippen molar-refractivity contribution in [3.05, 3.63) is 65.7 Å². The average Bonchev–Trinajstić information content (AvgIpc) is 3.25. The van der Waals surface area contributed by atoms with E-state index in [9.17, 15) is 14.7 Å². The minimum absolute atomic E-state index is 0.0440. The van der Waals surface area contributed by atoms with E-state index < -0.39 is 11.9 Å². The number of ether oxygens (including phenoxy) is 1. The molecular weight excluding hydrogens is 330 g/mol. The van der Waals surface area contributed by atoms with Gasteiger partial charge in [0.05, 0.1) is 5.92 Å². The van der Waals surface area contributed by atoms with Gasteiger partial charge in [-0.2, -0.15) is 0 Å². The Bertz CT molecular complexity index is 820. The van der Waals surface area contributed by atoms with Crippen LogP contribution in [0.15, 0.2) is 54.6 Å². The van der Waals surface area contributed by atoms with E-state index in [2.05, 4.69) is 0 Å². The van der Waals surface area contributed by atoms with Crippen LogP contribution in [-0.4, -0.2) is 34.0 Å². The predicted molar refractivity (Wildman–Crippen MR) is 95.9 cm³/mol. The van der Waals surface area contributed by atoms with Crippen LogP contribution >= 0.6 is 0 Å². The molecule has 5 heteroatoms. The molecule has 0 saturated carbocycles. The van der Waals surface area contributed by atoms with Crippen LogP contribution in [0.1, 0.15) is 35.2 Å². The Hall–Kier alpha value is -2.82. The van der Waals surface area contributed by atoms with Crippen LogP contribution in [-0.2, 0) is 11.4 Å². The van der Waals surface area contributed by atoms with Gasteiger partial charge in [-0.15, -0.1) is 0 Å². The lowest BCUT2D eigenvalue weighted by Gasteiger charge is -2.23. The number of amides is 1. The molecule has 0 aliphatic carbocycles. The summed E-state index contributed by atoms with van der Waals surface area (Å²) in [7, 11) is 0. The highest BCUT2D eigenvalue weighted by Gasteiger charge is 2.51. The number of rotatable bonds is 5. The molecule has 1 N–H and O–H groups in total. The van der Waals surface area contributed by atoms with Crippen molar-refractivity contribution in [1.29, 1.82) is 0 Å². The molecule has 3 atom stereocenters. The van der Waals surface area contributed by atoms with Gasteiger partial charge < -0.3 is 14.7 Å². The third-order valence-electron chi connectivity index (χ3n) is 5.42. The third kappa shape index (κ3) is 3.05. The number of carboxylic acid groups (broad SMARTS) is 1. The van der Waals surface area contributed by atoms with Crippen LogP contribution in [0.3, 0.4) is 0 Å². The second-order valence-electron chi connectivity index (χ2n) is 6.99. The van der Waals surface area contributed by atoms with E-state index in [1.54, 1.807) is 23.1 Å². The summed E-state index contributed by atoms with van der Waals surface area (Å²) in [6.45, 7) is 0.439. The van der Waals surface area contributed by atoms with Crippen LogP contribution in [0.25, 0.3) is 0 Å². The van der Waals surface area contributed by atoms with Crippen molar-refractivity contribution >= 4 is 11.9 Å². The summed E-state index contributed by atoms with van der Waals surface area (Å²) in [5, 5.41) is 9.37. The molecule has 134 valence electrons. The molecule has 5 nitrogen and oxygen atoms in total. The molecule has 2 fully saturated rings. The molecule has 2 heterocycles. The second-order valence-corrected chi connectivity index (χ2v) is 6.99. The molecule has 2 aliphatic rings. The van der Waals surface area contributed by atoms with Crippen LogP contribution in [0, 0.1) is 5.92 Å². The van der Waals surface area contributed by atoms with Crippen molar-refractivity contribution < 1.29 is 19.4 Å². The maximum absolute atomic E-state index is 13.0. The normalized spacial score (nSPS) is 23.8. The monoisotopic (exact) mass is 351 g/mol. The summed E-state index contributed by atoms with van der Waals surface area (Å²) in [6.07, 6.45) is 2.23. The predicted octanol–water partition coefficient (Wildman–Crippen LogP) is 3.34. The molecule has 4 rings (SSSR count). The summed E-state index contributed by atoms with van der Waals surface area (Å²) in [5.41, 5.74) is 1.62. The Morgan fingerprint density at radius 2 is 1.88 bits per heavy atom. The molecule has 2 aliphatic heterocycles. The third-order valence-corrected chi connectivity index (χ3v) is 5.42. The first kappa shape index (κ1) is 16.6. The first-order valence-electron chi connectivity index (χ1n) is 8.96. The van der Waals surface area contributed by atoms with Gasteiger partial charge in [0, 0.05) is 17.6 Å². The minimum Gasteiger partial charge on any atom is -0.489 e. The topological polar surface area (TPSA) is 66.8 Å². The number of hydrogen-bond acceptors (Lipinski definition) is 3. The van der Waals surface area contributed by atoms with Gasteiger partial charge in [0.15, 0.2) is 0 Å². The fourth-order valence-corrected chi connectivity index (χ4v) is 4.18. The SMILES string of the molecule is O=C(O)C1CC2CCC1N2C(=O)c1cccc(OCc2ccccc2)c1. The van der Waals surface area contributed by atoms with Crippen LogP contribution in [0.4, 0.5) is 0 Å². The van der Waals surface area contributed by atoms with Crippen molar-refractivity contribution in [2.24, 2.45) is 5.92 Å². The van der Waals surface area contributed by atoms with Gasteiger partial charge in [-0.3, -0.25) is 9.59 Å². The van der Waals surface area contributed by atoms with E-state index in [4.69, 9.17) is 4.74 Å². The first-order valence-corrected chi connectivity index (χ1v) is 8.96. The number of carbonyl (C=O) groups excluding carboxylic acids is 1. The van der Waals surface area contributed by atoms with Gasteiger partial charge >= 0.3 is 5.97 Å². The largest absolute Gasteiger partial charge is 0.489 e. The number of carboxylic acids is 1. The molecule has 1 amide bonds. The Labute approximate surface area is 152 Å². The fraction of sp³-hybridized carbons (Fsp3) is 0.333. The highest BCUT2D eigenvalue weighted by Crippen LogP contribution is 2.42. The van der Waals surface area contributed by atoms with Crippen molar-refractivity contribution in [2.75, 3.05) is 0 Å². The highest BCUT2D eigenvalue weighted by atomic mass is 16.5. The zero-order chi connectivity index (χ0) is 18.1. The Morgan fingerprint density at radius 1 is 1.08 bits per heavy atom. The van der Waals surface area contributed by atoms with Crippen molar-refractivity contribution in [2.45, 2.75) is 38.0 Å². The van der Waals surface area contributed by atoms with E-state index in [0.29, 0.717) is 24.3 Å². The van der Waals surface area contributed by atoms with E-state index in [0.717, 1.165) is 18.4 Å². The molecule has 2 aromatic carbocycles. The molecule has 2 aromatic rings. The van der Waals surface area contributed by atoms with Crippen molar-refractivity contribution in [3.63, 3.8) is 0 Å². The van der Waals surface area contributed by atoms with E-state index in [1.165, 1.54) is 0 Å². The lowest BCUT2D eigenvalue weighted by molar-refractivity contribution is -0.142. The molecule has 26 heavy (non-hydrogen) atoms. The van der Waals surface area contributed by atoms with E-state index >= 15 is 0 Å². The van der Waals surface area contributed by atoms with Crippen LogP contribution < -0.4 is 4.74 Å². The summed E-state index contributed by atoms with van der Waals surface area (Å²) in [6, 6.07) is 16.9. The lowest BCUT2D eigenvalue weighted by atomic mass is 9.89. The highest BCUT2D eigenvalue weighted by molar-refractivity contribution is 5.96. The maximum atomic E-state index is 13.0. The lowest BCUT2D eigenvalue weighted by Crippen LogP contribution is -2.37. The molecule has 0 spiro atoms. The van der Waals surface area contributed by atoms with Gasteiger partial charge in [-0.25, -0.2) is 0 Å². The van der Waals surface area contributed by atoms with Gasteiger partial charge in [0.25, 0.3) is 5.91 Å². The van der Waals surface area contributed by atoms with Gasteiger partial charge in [-0.1, -0.05) is 36.4 Å². The molecule has 0 radical (unpaired) electrons. The zero-order valence-electron chi connectivity index (χ0n) is 14.4. The first-order chi connectivity index (χ1) is 12.6. The van der Waals surface area contributed by atoms with E-state index in [-0.39, 0.29) is 18.0 Å². The number of hydrogen-bond donors (Lipinski definition) is 1. The minimum atomic E-state index is -0.796. The Balaban J connectivity index is 1.48. The number of carbonyl (C=O) groups is 2. The second kappa shape index (κ2) is 6.83. The maximum Gasteiger partial charge on any atom is 0.308 e. The Kier molecular flexibility index (Phi) is 4.37. The van der Waals surface area contributed by atoms with Crippen LogP contribution in [0.5, 0.6) is 5.75 Å². The summed E-state index contributed by atoms with van der Waals surface area (Å²) in [4.78, 5) is 26.2. The van der Waals surface area contributed by atoms with Gasteiger partial charge in [-0.05, 0) is 43.0 Å². The summed E-state index contributed by atoms with van der Waals surface area (Å²) in [5.74, 6) is -0.683. The zero-order valence-corrected chi connectivity index (χ0v) is 14.4. The number of fused-ring (bicyclic) bond motifs is 2. The molecule has 0 aromatic heterocycles. The molecule has 2 saturated heterocycles. The quantitative estimate of drug-likeness (QED) is 0.897. The average molecular weight is 351 g/mol. The van der Waals surface area contributed by atoms with E-state index in [1.807, 2.05) is 36.4 Å². The summed E-state index contributed by atoms with van der Waals surface area (Å²) >= 11 is 0. The fourth-order valence-electron chi connectivity index (χ4n) is 4.18. The van der Waals surface area contributed by atoms with Crippen molar-refractivity contribution in [1.82, 2.24) is 4.90 Å². The van der Waals surface area contributed by atoms with Gasteiger partial charge in [0.1, 0.15) is 12.4 Å². The van der Waals surface area contributed by atoms with Crippen LogP contribution in [0.2, 0.25) is 0 Å². The molecular formula is C21H21NO4. The summed E-state index contributed by atoms with van der Waals surface area (Å²) < 4.78 is 5.81. The molecule has 2 bridgehead atoms. The molecule has 3 unspecified atom stereocenters. The number of aliphatic carboxylic acids is 1. The number of nitrogens with zero attached hydrogens (tertiary/aromatic N) is 1. The van der Waals surface area contributed by atoms with Crippen molar-refractivity contribution in [3.8, 4) is 5.75 Å². The Morgan fingerprint density at radius 3 is 2.62 bits per heavy atom. The number of benzene rings is 2. The smallest absolute Gasteiger partial charge is 0.308 e. The van der Waals surface area contributed by atoms with Gasteiger partial charge in [0.2, 0.25) is 0 Å². The standard InChI is InChI=1S/C21H21NO4/c23-20(22-16-9-10-19(22)18(12-16)21(24)25)15-7-4-8-17(11-15)26-13-14-5-2-1-3-6-14/h1-8,11,16,18-19H,9-10,12-13H2,(H,24,25).